The molecule has 138 valence electrons. The van der Waals surface area contributed by atoms with Crippen LogP contribution in [0.2, 0.25) is 13.1 Å². The summed E-state index contributed by atoms with van der Waals surface area (Å²) >= 11 is 0. The minimum Gasteiger partial charge on any atom is -1.00 e. The average Bonchev–Trinajstić information content (AvgIpc) is 3.06. The SMILES string of the molecule is CC(C)(C)[NH-].C[Si]C.[Cl-].[Cl-].[Zr+4].c1ccc2c(N3CCCC3)c[cH-]c2c1. The van der Waals surface area contributed by atoms with Crippen LogP contribution in [0.5, 0.6) is 0 Å². The van der Waals surface area contributed by atoms with E-state index in [1.54, 1.807) is 0 Å². The van der Waals surface area contributed by atoms with Crippen molar-refractivity contribution in [2.45, 2.75) is 52.2 Å². The largest absolute Gasteiger partial charge is 4.00 e. The van der Waals surface area contributed by atoms with Crippen LogP contribution in [0.3, 0.4) is 0 Å². The van der Waals surface area contributed by atoms with Gasteiger partial charge in [-0.2, -0.15) is 0 Å². The van der Waals surface area contributed by atoms with Crippen LogP contribution < -0.4 is 29.7 Å². The van der Waals surface area contributed by atoms with Gasteiger partial charge in [0.15, 0.2) is 0 Å². The Morgan fingerprint density at radius 1 is 1.04 bits per heavy atom. The molecule has 0 unspecified atom stereocenters. The van der Waals surface area contributed by atoms with E-state index in [0.717, 1.165) is 9.52 Å². The molecule has 6 heteroatoms. The van der Waals surface area contributed by atoms with Gasteiger partial charge in [0.25, 0.3) is 0 Å². The van der Waals surface area contributed by atoms with E-state index in [-0.39, 0.29) is 56.6 Å². The van der Waals surface area contributed by atoms with Crippen molar-refractivity contribution >= 4 is 26.0 Å². The van der Waals surface area contributed by atoms with Crippen molar-refractivity contribution in [2.24, 2.45) is 0 Å². The van der Waals surface area contributed by atoms with Gasteiger partial charge in [-0.3, -0.25) is 0 Å². The Morgan fingerprint density at radius 2 is 1.48 bits per heavy atom. The summed E-state index contributed by atoms with van der Waals surface area (Å²) in [7, 11) is 1.08. The summed E-state index contributed by atoms with van der Waals surface area (Å²) in [6.07, 6.45) is 2.69. The van der Waals surface area contributed by atoms with E-state index in [0.29, 0.717) is 0 Å². The van der Waals surface area contributed by atoms with Crippen LogP contribution in [0.25, 0.3) is 16.5 Å². The molecule has 0 aromatic heterocycles. The number of fused-ring (bicyclic) bond motifs is 1. The Bertz CT molecular complexity index is 544. The molecule has 2 radical (unpaired) electrons. The number of nitrogens with zero attached hydrogens (tertiary/aromatic N) is 1. The maximum Gasteiger partial charge on any atom is 4.00 e. The zero-order chi connectivity index (χ0) is 16.6. The van der Waals surface area contributed by atoms with Gasteiger partial charge >= 0.3 is 26.2 Å². The summed E-state index contributed by atoms with van der Waals surface area (Å²) in [5.41, 5.74) is 8.12. The fourth-order valence-corrected chi connectivity index (χ4v) is 2.37. The smallest absolute Gasteiger partial charge is 1.00 e. The van der Waals surface area contributed by atoms with E-state index < -0.39 is 0 Å². The molecule has 0 amide bonds. The first kappa shape index (κ1) is 30.0. The molecule has 0 atom stereocenters. The molecular formula is C19H30Cl2N2SiZr. The van der Waals surface area contributed by atoms with Gasteiger partial charge in [0.2, 0.25) is 0 Å². The Morgan fingerprint density at radius 3 is 1.96 bits per heavy atom. The van der Waals surface area contributed by atoms with Crippen LogP contribution in [0.15, 0.2) is 36.4 Å². The molecule has 2 aromatic carbocycles. The second-order valence-corrected chi connectivity index (χ2v) is 7.75. The van der Waals surface area contributed by atoms with Crippen molar-refractivity contribution in [2.75, 3.05) is 18.0 Å². The third-order valence-corrected chi connectivity index (χ3v) is 3.10. The summed E-state index contributed by atoms with van der Waals surface area (Å²) in [4.78, 5) is 2.50. The van der Waals surface area contributed by atoms with Gasteiger partial charge in [0, 0.05) is 22.6 Å². The second kappa shape index (κ2) is 15.3. The molecule has 0 bridgehead atoms. The fourth-order valence-electron chi connectivity index (χ4n) is 2.37. The van der Waals surface area contributed by atoms with Crippen LogP contribution in [0.1, 0.15) is 33.6 Å². The van der Waals surface area contributed by atoms with E-state index >= 15 is 0 Å². The van der Waals surface area contributed by atoms with Crippen LogP contribution in [0.4, 0.5) is 5.69 Å². The van der Waals surface area contributed by atoms with E-state index in [1.165, 1.54) is 42.4 Å². The zero-order valence-corrected chi connectivity index (χ0v) is 21.0. The molecule has 2 nitrogen and oxygen atoms in total. The minimum absolute atomic E-state index is 0. The molecule has 1 aliphatic heterocycles. The van der Waals surface area contributed by atoms with Crippen LogP contribution in [0, 0.1) is 0 Å². The van der Waals surface area contributed by atoms with Crippen molar-refractivity contribution in [1.29, 1.82) is 0 Å². The topological polar surface area (TPSA) is 27.0 Å². The molecule has 1 aliphatic rings. The summed E-state index contributed by atoms with van der Waals surface area (Å²) in [5, 5.41) is 2.78. The molecular weight excluding hydrogens is 446 g/mol. The van der Waals surface area contributed by atoms with Gasteiger partial charge in [-0.1, -0.05) is 45.6 Å². The summed E-state index contributed by atoms with van der Waals surface area (Å²) in [6.45, 7) is 12.3. The number of hydrogen-bond donors (Lipinski definition) is 0. The number of benzene rings is 1. The Kier molecular flexibility index (Phi) is 18.4. The monoisotopic (exact) mass is 474 g/mol. The Labute approximate surface area is 188 Å². The first-order valence-corrected chi connectivity index (χ1v) is 10.1. The molecule has 1 N–H and O–H groups in total. The Hall–Kier alpha value is 0.270. The normalized spacial score (nSPS) is 12.5. The standard InChI is InChI=1S/C13H14N.C4H10N.C2H6Si.2ClH.Zr/c1-2-6-12-11(5-1)7-8-13(12)14-9-3-4-10-14;1-4(2,3)5;1-3-2;;;/h1-2,5-8H,3-4,9-10H2;5H,1-3H3;1-2H3;2*1H;/q2*-1;;;;+4/p-2. The number of rotatable bonds is 1. The van der Waals surface area contributed by atoms with Crippen molar-refractivity contribution in [1.82, 2.24) is 0 Å². The molecule has 1 fully saturated rings. The third kappa shape index (κ3) is 12.3. The van der Waals surface area contributed by atoms with Gasteiger partial charge in [-0.05, 0) is 12.8 Å². The van der Waals surface area contributed by atoms with E-state index in [9.17, 15) is 0 Å². The van der Waals surface area contributed by atoms with Crippen LogP contribution in [-0.4, -0.2) is 28.1 Å². The summed E-state index contributed by atoms with van der Waals surface area (Å²) in [6, 6.07) is 13.1. The first-order valence-electron chi connectivity index (χ1n) is 8.09. The predicted molar refractivity (Wildman–Crippen MR) is 103 cm³/mol. The number of anilines is 1. The molecule has 2 aromatic rings. The molecule has 0 saturated carbocycles. The third-order valence-electron chi connectivity index (χ3n) is 3.10. The van der Waals surface area contributed by atoms with Gasteiger partial charge in [0.1, 0.15) is 0 Å². The van der Waals surface area contributed by atoms with E-state index in [1.807, 2.05) is 20.8 Å². The zero-order valence-electron chi connectivity index (χ0n) is 16.0. The number of halogens is 2. The van der Waals surface area contributed by atoms with Crippen molar-refractivity contribution < 1.29 is 51.0 Å². The number of hydrogen-bond acceptors (Lipinski definition) is 1. The quantitative estimate of drug-likeness (QED) is 0.413. The van der Waals surface area contributed by atoms with Gasteiger partial charge in [0.05, 0.1) is 0 Å². The van der Waals surface area contributed by atoms with Gasteiger partial charge in [-0.25, -0.2) is 0 Å². The van der Waals surface area contributed by atoms with Crippen molar-refractivity contribution in [3.8, 4) is 0 Å². The second-order valence-electron chi connectivity index (χ2n) is 6.75. The molecule has 1 heterocycles. The molecule has 3 rings (SSSR count). The van der Waals surface area contributed by atoms with Crippen LogP contribution in [-0.2, 0) is 26.2 Å². The van der Waals surface area contributed by atoms with Gasteiger partial charge < -0.3 is 35.4 Å². The molecule has 25 heavy (non-hydrogen) atoms. The molecule has 1 saturated heterocycles. The van der Waals surface area contributed by atoms with Crippen LogP contribution >= 0.6 is 0 Å². The maximum atomic E-state index is 6.94. The minimum atomic E-state index is -0.250. The van der Waals surface area contributed by atoms with Gasteiger partial charge in [-0.15, -0.1) is 46.6 Å². The summed E-state index contributed by atoms with van der Waals surface area (Å²) < 4.78 is 0. The molecule has 0 aliphatic carbocycles. The van der Waals surface area contributed by atoms with E-state index in [4.69, 9.17) is 5.73 Å². The Balaban J connectivity index is -0.000000384. The van der Waals surface area contributed by atoms with E-state index in [2.05, 4.69) is 54.4 Å². The van der Waals surface area contributed by atoms with Crippen molar-refractivity contribution in [3.05, 3.63) is 42.1 Å². The van der Waals surface area contributed by atoms with Crippen molar-refractivity contribution in [3.63, 3.8) is 0 Å². The maximum absolute atomic E-state index is 6.94. The average molecular weight is 477 g/mol. The predicted octanol–water partition coefficient (Wildman–Crippen LogP) is -0.212. The number of nitrogens with one attached hydrogen (secondary N) is 1. The molecule has 0 spiro atoms. The summed E-state index contributed by atoms with van der Waals surface area (Å²) in [5.74, 6) is 0. The fraction of sp³-hybridized carbons (Fsp3) is 0.526. The first-order chi connectivity index (χ1) is 10.4.